The van der Waals surface area contributed by atoms with Gasteiger partial charge in [0.15, 0.2) is 12.4 Å². The fraction of sp³-hybridized carbons (Fsp3) is 0.231. The van der Waals surface area contributed by atoms with Crippen molar-refractivity contribution in [3.63, 3.8) is 0 Å². The molecule has 0 amide bonds. The van der Waals surface area contributed by atoms with Gasteiger partial charge in [0.25, 0.3) is 0 Å². The molecule has 0 bridgehead atoms. The van der Waals surface area contributed by atoms with E-state index >= 15 is 4.39 Å². The van der Waals surface area contributed by atoms with Crippen molar-refractivity contribution in [2.24, 2.45) is 13.0 Å². The van der Waals surface area contributed by atoms with Crippen molar-refractivity contribution in [3.8, 4) is 11.3 Å². The summed E-state index contributed by atoms with van der Waals surface area (Å²) < 4.78 is 39.9. The average molecular weight is 487 g/mol. The summed E-state index contributed by atoms with van der Waals surface area (Å²) >= 11 is 0. The predicted octanol–water partition coefficient (Wildman–Crippen LogP) is 3.29. The number of nitrogens with zero attached hydrogens (tertiary/aromatic N) is 7. The van der Waals surface area contributed by atoms with Crippen LogP contribution in [0.5, 0.6) is 0 Å². The molecule has 0 aliphatic carbocycles. The molecule has 0 N–H and O–H groups in total. The van der Waals surface area contributed by atoms with Crippen LogP contribution >= 0.6 is 0 Å². The molecule has 0 saturated carbocycles. The fourth-order valence-corrected chi connectivity index (χ4v) is 4.85. The molecule has 4 heterocycles. The molecule has 0 saturated heterocycles. The lowest BCUT2D eigenvalue weighted by Crippen LogP contribution is -2.68. The highest BCUT2D eigenvalue weighted by atomic mass is 19.1. The van der Waals surface area contributed by atoms with Crippen LogP contribution in [0.15, 0.2) is 91.9 Å². The largest absolute Gasteiger partial charge is 0.818 e. The van der Waals surface area contributed by atoms with Crippen molar-refractivity contribution in [2.45, 2.75) is 26.3 Å². The van der Waals surface area contributed by atoms with Crippen molar-refractivity contribution < 1.29 is 17.9 Å². The summed E-state index contributed by atoms with van der Waals surface area (Å²) in [4.78, 5) is 0. The summed E-state index contributed by atoms with van der Waals surface area (Å²) in [5.74, 6) is -1.28. The monoisotopic (exact) mass is 487 g/mol. The van der Waals surface area contributed by atoms with Gasteiger partial charge in [-0.3, -0.25) is 0 Å². The third-order valence-electron chi connectivity index (χ3n) is 6.99. The number of benzene rings is 1. The van der Waals surface area contributed by atoms with Gasteiger partial charge in [0, 0.05) is 54.6 Å². The number of hydrogen-bond donors (Lipinski definition) is 0. The van der Waals surface area contributed by atoms with Gasteiger partial charge in [-0.1, -0.05) is 13.8 Å². The second-order valence-electron chi connectivity index (χ2n) is 9.34. The van der Waals surface area contributed by atoms with E-state index in [-0.39, 0.29) is 5.92 Å². The van der Waals surface area contributed by atoms with Crippen LogP contribution in [0.1, 0.15) is 26.3 Å². The summed E-state index contributed by atoms with van der Waals surface area (Å²) in [5.41, 5.74) is 0.710. The van der Waals surface area contributed by atoms with Crippen LogP contribution in [0.25, 0.3) is 11.3 Å². The predicted molar refractivity (Wildman–Crippen MR) is 132 cm³/mol. The quantitative estimate of drug-likeness (QED) is 0.261. The molecule has 1 atom stereocenters. The molecule has 10 heteroatoms. The molecule has 0 radical (unpaired) electrons. The van der Waals surface area contributed by atoms with E-state index in [2.05, 4.69) is 24.0 Å². The lowest BCUT2D eigenvalue weighted by molar-refractivity contribution is -0.660. The SMILES string of the molecule is CC(C)[C@](C)(c1cc(F)cc(F)c1-c1cccc[n+]1C)n1ccc[n+]1B(n1cccn1)n1cccn1. The van der Waals surface area contributed by atoms with E-state index in [1.807, 2.05) is 95.2 Å². The maximum absolute atomic E-state index is 15.6. The molecule has 36 heavy (non-hydrogen) atoms. The van der Waals surface area contributed by atoms with Crippen molar-refractivity contribution >= 4 is 7.12 Å². The van der Waals surface area contributed by atoms with Gasteiger partial charge in [0.1, 0.15) is 24.2 Å². The zero-order valence-corrected chi connectivity index (χ0v) is 20.7. The van der Waals surface area contributed by atoms with Gasteiger partial charge in [-0.25, -0.2) is 22.5 Å². The zero-order chi connectivity index (χ0) is 25.4. The molecule has 0 spiro atoms. The normalized spacial score (nSPS) is 13.2. The molecular formula is C26H28BF2N7+2. The van der Waals surface area contributed by atoms with Gasteiger partial charge in [-0.2, -0.15) is 14.9 Å². The number of halogens is 2. The van der Waals surface area contributed by atoms with E-state index in [1.54, 1.807) is 21.6 Å². The zero-order valence-electron chi connectivity index (χ0n) is 20.7. The minimum absolute atomic E-state index is 0.0546. The smallest absolute Gasteiger partial charge is 0.220 e. The Morgan fingerprint density at radius 3 is 2.19 bits per heavy atom. The van der Waals surface area contributed by atoms with Crippen LogP contribution in [0.2, 0.25) is 0 Å². The first-order valence-corrected chi connectivity index (χ1v) is 11.8. The minimum atomic E-state index is -0.858. The van der Waals surface area contributed by atoms with E-state index in [0.29, 0.717) is 16.8 Å². The van der Waals surface area contributed by atoms with E-state index in [1.165, 1.54) is 6.07 Å². The maximum Gasteiger partial charge on any atom is 0.818 e. The number of aryl methyl sites for hydroxylation is 1. The third kappa shape index (κ3) is 3.82. The molecule has 4 aromatic heterocycles. The van der Waals surface area contributed by atoms with Crippen molar-refractivity contribution in [3.05, 3.63) is 109 Å². The van der Waals surface area contributed by atoms with Crippen LogP contribution < -0.4 is 9.16 Å². The summed E-state index contributed by atoms with van der Waals surface area (Å²) in [6, 6.07) is 13.6. The van der Waals surface area contributed by atoms with Crippen molar-refractivity contribution in [1.29, 1.82) is 0 Å². The van der Waals surface area contributed by atoms with Gasteiger partial charge in [0.05, 0.1) is 11.8 Å². The summed E-state index contributed by atoms with van der Waals surface area (Å²) in [6.07, 6.45) is 12.9. The number of hydrogen-bond acceptors (Lipinski definition) is 2. The van der Waals surface area contributed by atoms with Crippen molar-refractivity contribution in [2.75, 3.05) is 0 Å². The average Bonchev–Trinajstić information content (AvgIpc) is 3.63. The second kappa shape index (κ2) is 9.18. The minimum Gasteiger partial charge on any atom is -0.220 e. The van der Waals surface area contributed by atoms with Gasteiger partial charge < -0.3 is 0 Å². The van der Waals surface area contributed by atoms with E-state index in [9.17, 15) is 4.39 Å². The number of aromatic nitrogens is 7. The first-order chi connectivity index (χ1) is 17.3. The highest BCUT2D eigenvalue weighted by Gasteiger charge is 2.48. The Labute approximate surface area is 209 Å². The molecule has 7 nitrogen and oxygen atoms in total. The molecule has 0 aliphatic rings. The Morgan fingerprint density at radius 2 is 1.61 bits per heavy atom. The number of rotatable bonds is 7. The summed E-state index contributed by atoms with van der Waals surface area (Å²) in [6.45, 7) is 6.12. The molecule has 5 rings (SSSR count). The lowest BCUT2D eigenvalue weighted by Gasteiger charge is -2.35. The van der Waals surface area contributed by atoms with Crippen LogP contribution in [0, 0.1) is 17.6 Å². The first kappa shape index (κ1) is 23.7. The molecule has 0 unspecified atom stereocenters. The Hall–Kier alpha value is -4.08. The van der Waals surface area contributed by atoms with Gasteiger partial charge in [-0.05, 0) is 37.1 Å². The van der Waals surface area contributed by atoms with E-state index in [4.69, 9.17) is 0 Å². The topological polar surface area (TPSA) is 48.3 Å². The molecule has 182 valence electrons. The highest BCUT2D eigenvalue weighted by molar-refractivity contribution is 6.44. The standard InChI is InChI=1S/C26H28BF2N7/c1-20(2)26(3,22-18-21(28)19-23(29)25(22)24-10-5-6-13-32(24)4)33-14-9-17-36(33)27(34-15-7-11-30-34)35-16-8-12-31-35/h5-20H,1-4H3/q+2/t26-/m1/s1. The van der Waals surface area contributed by atoms with Crippen LogP contribution in [0.4, 0.5) is 8.78 Å². The Bertz CT molecular complexity index is 1440. The fourth-order valence-electron chi connectivity index (χ4n) is 4.85. The van der Waals surface area contributed by atoms with Crippen LogP contribution in [0.3, 0.4) is 0 Å². The first-order valence-electron chi connectivity index (χ1n) is 11.8. The molecule has 1 aromatic carbocycles. The third-order valence-corrected chi connectivity index (χ3v) is 6.99. The molecular weight excluding hydrogens is 459 g/mol. The Balaban J connectivity index is 1.79. The highest BCUT2D eigenvalue weighted by Crippen LogP contribution is 2.40. The van der Waals surface area contributed by atoms with Crippen LogP contribution in [-0.2, 0) is 12.6 Å². The number of pyridine rings is 1. The Morgan fingerprint density at radius 1 is 0.917 bits per heavy atom. The van der Waals surface area contributed by atoms with Crippen molar-refractivity contribution in [1.82, 2.24) is 24.1 Å². The molecule has 0 fully saturated rings. The Kier molecular flexibility index (Phi) is 6.03. The molecule has 0 aliphatic heterocycles. The summed E-state index contributed by atoms with van der Waals surface area (Å²) in [7, 11) is 1.38. The second-order valence-corrected chi connectivity index (χ2v) is 9.34. The van der Waals surface area contributed by atoms with E-state index < -0.39 is 24.3 Å². The lowest BCUT2D eigenvalue weighted by atomic mass is 9.78. The summed E-state index contributed by atoms with van der Waals surface area (Å²) in [5, 5.41) is 8.95. The van der Waals surface area contributed by atoms with Gasteiger partial charge >= 0.3 is 7.12 Å². The maximum atomic E-state index is 15.6. The van der Waals surface area contributed by atoms with E-state index in [0.717, 1.165) is 6.07 Å². The van der Waals surface area contributed by atoms with Crippen LogP contribution in [-0.4, -0.2) is 31.2 Å². The van der Waals surface area contributed by atoms with Gasteiger partial charge in [0.2, 0.25) is 5.69 Å². The van der Waals surface area contributed by atoms with Gasteiger partial charge in [-0.15, -0.1) is 4.59 Å². The molecule has 5 aromatic rings.